The van der Waals surface area contributed by atoms with Gasteiger partial charge in [0.1, 0.15) is 11.6 Å². The number of piperidine rings is 1. The van der Waals surface area contributed by atoms with Crippen molar-refractivity contribution in [2.45, 2.75) is 19.1 Å². The molecule has 0 atom stereocenters. The first-order chi connectivity index (χ1) is 10.1. The lowest BCUT2D eigenvalue weighted by Crippen LogP contribution is -2.41. The Hall–Kier alpha value is -1.53. The maximum atomic E-state index is 13.2. The number of carbonyl (C=O) groups excluding carboxylic acids is 1. The molecule has 0 radical (unpaired) electrons. The Morgan fingerprint density at radius 1 is 1.05 bits per heavy atom. The van der Waals surface area contributed by atoms with E-state index in [0.29, 0.717) is 26.3 Å². The van der Waals surface area contributed by atoms with Crippen LogP contribution >= 0.6 is 0 Å². The molecule has 0 aromatic heterocycles. The summed E-state index contributed by atoms with van der Waals surface area (Å²) in [5.41, 5.74) is 0.0549. The Kier molecular flexibility index (Phi) is 4.17. The van der Waals surface area contributed by atoms with E-state index in [1.54, 1.807) is 4.90 Å². The molecule has 2 fully saturated rings. The predicted molar refractivity (Wildman–Crippen MR) is 70.7 cm³/mol. The van der Waals surface area contributed by atoms with Crippen LogP contribution in [-0.2, 0) is 9.47 Å². The lowest BCUT2D eigenvalue weighted by atomic mass is 9.95. The van der Waals surface area contributed by atoms with Gasteiger partial charge in [-0.1, -0.05) is 0 Å². The fourth-order valence-electron chi connectivity index (χ4n) is 2.88. The van der Waals surface area contributed by atoms with E-state index in [1.165, 1.54) is 0 Å². The molecule has 0 N–H and O–H groups in total. The molecule has 2 heterocycles. The molecule has 114 valence electrons. The SMILES string of the molecule is O=C(c1cc(F)cc(F)c1)N1CCC(C2OCCO2)CC1. The van der Waals surface area contributed by atoms with E-state index < -0.39 is 11.6 Å². The van der Waals surface area contributed by atoms with Crippen molar-refractivity contribution in [1.82, 2.24) is 4.90 Å². The summed E-state index contributed by atoms with van der Waals surface area (Å²) in [6.45, 7) is 2.33. The summed E-state index contributed by atoms with van der Waals surface area (Å²) < 4.78 is 37.3. The van der Waals surface area contributed by atoms with E-state index in [4.69, 9.17) is 9.47 Å². The number of hydrogen-bond acceptors (Lipinski definition) is 3. The minimum atomic E-state index is -0.735. The summed E-state index contributed by atoms with van der Waals surface area (Å²) in [5.74, 6) is -1.53. The topological polar surface area (TPSA) is 38.8 Å². The molecule has 21 heavy (non-hydrogen) atoms. The quantitative estimate of drug-likeness (QED) is 0.840. The van der Waals surface area contributed by atoms with E-state index in [2.05, 4.69) is 0 Å². The van der Waals surface area contributed by atoms with Gasteiger partial charge in [0.05, 0.1) is 13.2 Å². The molecule has 0 bridgehead atoms. The summed E-state index contributed by atoms with van der Waals surface area (Å²) in [7, 11) is 0. The first-order valence-electron chi connectivity index (χ1n) is 7.12. The summed E-state index contributed by atoms with van der Waals surface area (Å²) in [5, 5.41) is 0. The van der Waals surface area contributed by atoms with Gasteiger partial charge in [-0.2, -0.15) is 0 Å². The number of benzene rings is 1. The molecule has 0 unspecified atom stereocenters. The monoisotopic (exact) mass is 297 g/mol. The Morgan fingerprint density at radius 3 is 2.19 bits per heavy atom. The molecular weight excluding hydrogens is 280 g/mol. The van der Waals surface area contributed by atoms with Crippen LogP contribution in [0.15, 0.2) is 18.2 Å². The van der Waals surface area contributed by atoms with Crippen LogP contribution in [0, 0.1) is 17.6 Å². The highest BCUT2D eigenvalue weighted by Crippen LogP contribution is 2.26. The number of nitrogens with zero attached hydrogens (tertiary/aromatic N) is 1. The third-order valence-corrected chi connectivity index (χ3v) is 3.97. The van der Waals surface area contributed by atoms with Gasteiger partial charge in [-0.15, -0.1) is 0 Å². The predicted octanol–water partition coefficient (Wildman–Crippen LogP) is 2.19. The third-order valence-electron chi connectivity index (χ3n) is 3.97. The largest absolute Gasteiger partial charge is 0.350 e. The first kappa shape index (κ1) is 14.4. The lowest BCUT2D eigenvalue weighted by molar-refractivity contribution is -0.0956. The van der Waals surface area contributed by atoms with Crippen LogP contribution in [0.5, 0.6) is 0 Å². The zero-order valence-corrected chi connectivity index (χ0v) is 11.6. The number of ether oxygens (including phenoxy) is 2. The molecular formula is C15H17F2NO3. The summed E-state index contributed by atoms with van der Waals surface area (Å²) in [6.07, 6.45) is 1.37. The van der Waals surface area contributed by atoms with Crippen molar-refractivity contribution in [1.29, 1.82) is 0 Å². The highest BCUT2D eigenvalue weighted by Gasteiger charge is 2.32. The number of amides is 1. The van der Waals surface area contributed by atoms with Crippen LogP contribution in [0.25, 0.3) is 0 Å². The van der Waals surface area contributed by atoms with E-state index in [9.17, 15) is 13.6 Å². The minimum absolute atomic E-state index is 0.0549. The Labute approximate surface area is 121 Å². The molecule has 2 saturated heterocycles. The van der Waals surface area contributed by atoms with Crippen LogP contribution in [0.2, 0.25) is 0 Å². The maximum absolute atomic E-state index is 13.2. The molecule has 6 heteroatoms. The second kappa shape index (κ2) is 6.07. The van der Waals surface area contributed by atoms with Crippen LogP contribution in [0.4, 0.5) is 8.78 Å². The number of hydrogen-bond donors (Lipinski definition) is 0. The van der Waals surface area contributed by atoms with Crippen molar-refractivity contribution in [2.75, 3.05) is 26.3 Å². The Morgan fingerprint density at radius 2 is 1.62 bits per heavy atom. The zero-order chi connectivity index (χ0) is 14.8. The second-order valence-electron chi connectivity index (χ2n) is 5.40. The van der Waals surface area contributed by atoms with Crippen LogP contribution in [0.3, 0.4) is 0 Å². The molecule has 1 amide bonds. The van der Waals surface area contributed by atoms with E-state index >= 15 is 0 Å². The highest BCUT2D eigenvalue weighted by molar-refractivity contribution is 5.94. The molecule has 3 rings (SSSR count). The normalized spacial score (nSPS) is 21.0. The van der Waals surface area contributed by atoms with E-state index in [0.717, 1.165) is 31.0 Å². The smallest absolute Gasteiger partial charge is 0.254 e. The average Bonchev–Trinajstić information content (AvgIpc) is 3.00. The van der Waals surface area contributed by atoms with Gasteiger partial charge in [0.25, 0.3) is 5.91 Å². The van der Waals surface area contributed by atoms with Crippen molar-refractivity contribution < 1.29 is 23.0 Å². The molecule has 0 aliphatic carbocycles. The number of rotatable bonds is 2. The molecule has 0 spiro atoms. The van der Waals surface area contributed by atoms with Crippen LogP contribution < -0.4 is 0 Å². The van der Waals surface area contributed by atoms with Gasteiger partial charge < -0.3 is 14.4 Å². The molecule has 2 aliphatic rings. The number of halogens is 2. The van der Waals surface area contributed by atoms with Crippen molar-refractivity contribution in [2.24, 2.45) is 5.92 Å². The summed E-state index contributed by atoms with van der Waals surface area (Å²) in [4.78, 5) is 13.9. The fourth-order valence-corrected chi connectivity index (χ4v) is 2.88. The van der Waals surface area contributed by atoms with Crippen LogP contribution in [-0.4, -0.2) is 43.4 Å². The lowest BCUT2D eigenvalue weighted by Gasteiger charge is -2.33. The molecule has 1 aromatic rings. The van der Waals surface area contributed by atoms with E-state index in [1.807, 2.05) is 0 Å². The maximum Gasteiger partial charge on any atom is 0.254 e. The highest BCUT2D eigenvalue weighted by atomic mass is 19.1. The summed E-state index contributed by atoms with van der Waals surface area (Å²) >= 11 is 0. The molecule has 0 saturated carbocycles. The van der Waals surface area contributed by atoms with Gasteiger partial charge in [0.2, 0.25) is 0 Å². The van der Waals surface area contributed by atoms with Gasteiger partial charge in [-0.25, -0.2) is 8.78 Å². The van der Waals surface area contributed by atoms with Gasteiger partial charge in [0, 0.05) is 30.6 Å². The molecule has 2 aliphatic heterocycles. The minimum Gasteiger partial charge on any atom is -0.350 e. The second-order valence-corrected chi connectivity index (χ2v) is 5.40. The first-order valence-corrected chi connectivity index (χ1v) is 7.12. The number of likely N-dealkylation sites (tertiary alicyclic amines) is 1. The van der Waals surface area contributed by atoms with Crippen molar-refractivity contribution in [3.63, 3.8) is 0 Å². The van der Waals surface area contributed by atoms with Crippen molar-refractivity contribution in [3.05, 3.63) is 35.4 Å². The fraction of sp³-hybridized carbons (Fsp3) is 0.533. The van der Waals surface area contributed by atoms with Crippen molar-refractivity contribution in [3.8, 4) is 0 Å². The Balaban J connectivity index is 1.62. The molecule has 4 nitrogen and oxygen atoms in total. The number of carbonyl (C=O) groups is 1. The van der Waals surface area contributed by atoms with Crippen LogP contribution in [0.1, 0.15) is 23.2 Å². The third kappa shape index (κ3) is 3.22. The molecule has 1 aromatic carbocycles. The van der Waals surface area contributed by atoms with E-state index in [-0.39, 0.29) is 23.7 Å². The average molecular weight is 297 g/mol. The van der Waals surface area contributed by atoms with Gasteiger partial charge in [0.15, 0.2) is 6.29 Å². The standard InChI is InChI=1S/C15H17F2NO3/c16-12-7-11(8-13(17)9-12)14(19)18-3-1-10(2-4-18)15-20-5-6-21-15/h7-10,15H,1-6H2. The van der Waals surface area contributed by atoms with Crippen molar-refractivity contribution >= 4 is 5.91 Å². The van der Waals surface area contributed by atoms with Gasteiger partial charge in [-0.05, 0) is 25.0 Å². The van der Waals surface area contributed by atoms with Gasteiger partial charge >= 0.3 is 0 Å². The Bertz CT molecular complexity index is 503. The summed E-state index contributed by atoms with van der Waals surface area (Å²) in [6, 6.07) is 2.90. The van der Waals surface area contributed by atoms with Gasteiger partial charge in [-0.3, -0.25) is 4.79 Å². The zero-order valence-electron chi connectivity index (χ0n) is 11.6.